The monoisotopic (exact) mass is 194 g/mol. The molecule has 1 saturated heterocycles. The van der Waals surface area contributed by atoms with Crippen LogP contribution < -0.4 is 0 Å². The van der Waals surface area contributed by atoms with E-state index in [9.17, 15) is 0 Å². The maximum atomic E-state index is 4.65. The second kappa shape index (κ2) is 3.05. The van der Waals surface area contributed by atoms with Gasteiger partial charge in [-0.2, -0.15) is 16.9 Å². The first-order valence-electron chi connectivity index (χ1n) is 5.10. The zero-order chi connectivity index (χ0) is 8.67. The van der Waals surface area contributed by atoms with Crippen LogP contribution in [0, 0.1) is 0 Å². The summed E-state index contributed by atoms with van der Waals surface area (Å²) in [6.45, 7) is 0. The third-order valence-corrected chi connectivity index (χ3v) is 4.21. The van der Waals surface area contributed by atoms with Crippen molar-refractivity contribution in [3.8, 4) is 0 Å². The molecule has 2 heterocycles. The third kappa shape index (κ3) is 1.50. The van der Waals surface area contributed by atoms with Crippen LogP contribution in [0.5, 0.6) is 0 Å². The molecule has 1 aromatic heterocycles. The van der Waals surface area contributed by atoms with Crippen LogP contribution >= 0.6 is 11.8 Å². The molecule has 0 bridgehead atoms. The zero-order valence-corrected chi connectivity index (χ0v) is 8.46. The average Bonchev–Trinajstić information content (AvgIpc) is 2.72. The summed E-state index contributed by atoms with van der Waals surface area (Å²) in [4.78, 5) is 0. The van der Waals surface area contributed by atoms with Crippen molar-refractivity contribution in [2.24, 2.45) is 0 Å². The number of rotatable bonds is 2. The van der Waals surface area contributed by atoms with Crippen LogP contribution in [0.1, 0.15) is 42.7 Å². The molecule has 0 amide bonds. The van der Waals surface area contributed by atoms with Gasteiger partial charge < -0.3 is 0 Å². The first-order valence-corrected chi connectivity index (χ1v) is 6.15. The van der Waals surface area contributed by atoms with Gasteiger partial charge in [-0.1, -0.05) is 0 Å². The summed E-state index contributed by atoms with van der Waals surface area (Å²) in [6, 6.07) is 2.95. The molecule has 3 heteroatoms. The van der Waals surface area contributed by atoms with Crippen molar-refractivity contribution in [1.29, 1.82) is 0 Å². The normalized spacial score (nSPS) is 28.2. The van der Waals surface area contributed by atoms with Gasteiger partial charge in [-0.25, -0.2) is 0 Å². The Labute approximate surface area is 82.7 Å². The number of hydrogen-bond acceptors (Lipinski definition) is 2. The lowest BCUT2D eigenvalue weighted by Crippen LogP contribution is -1.96. The molecule has 1 saturated carbocycles. The lowest BCUT2D eigenvalue weighted by Gasteiger charge is -2.03. The predicted octanol–water partition coefficient (Wildman–Crippen LogP) is 2.79. The Morgan fingerprint density at radius 3 is 3.00 bits per heavy atom. The molecule has 0 N–H and O–H groups in total. The number of nitrogens with zero attached hydrogens (tertiary/aromatic N) is 2. The Morgan fingerprint density at radius 2 is 2.31 bits per heavy atom. The SMILES string of the molecule is c1cn(C2CC2)nc1C1CCCS1. The van der Waals surface area contributed by atoms with Crippen LogP contribution in [-0.4, -0.2) is 15.5 Å². The van der Waals surface area contributed by atoms with Gasteiger partial charge in [0.1, 0.15) is 0 Å². The highest BCUT2D eigenvalue weighted by molar-refractivity contribution is 7.99. The third-order valence-electron chi connectivity index (χ3n) is 2.81. The summed E-state index contributed by atoms with van der Waals surface area (Å²) in [5.74, 6) is 1.32. The van der Waals surface area contributed by atoms with E-state index in [1.165, 1.54) is 37.1 Å². The minimum atomic E-state index is 0.694. The Balaban J connectivity index is 1.79. The van der Waals surface area contributed by atoms with Crippen LogP contribution in [0.2, 0.25) is 0 Å². The Morgan fingerprint density at radius 1 is 1.38 bits per heavy atom. The van der Waals surface area contributed by atoms with Gasteiger partial charge in [0, 0.05) is 11.4 Å². The summed E-state index contributed by atoms with van der Waals surface area (Å²) < 4.78 is 2.16. The van der Waals surface area contributed by atoms with Gasteiger partial charge in [-0.3, -0.25) is 4.68 Å². The lowest BCUT2D eigenvalue weighted by molar-refractivity contribution is 0.625. The molecule has 13 heavy (non-hydrogen) atoms. The Hall–Kier alpha value is -0.440. The van der Waals surface area contributed by atoms with E-state index in [1.807, 2.05) is 0 Å². The average molecular weight is 194 g/mol. The quantitative estimate of drug-likeness (QED) is 0.720. The lowest BCUT2D eigenvalue weighted by atomic mass is 10.2. The standard InChI is InChI=1S/C10H14N2S/c1-2-10(13-7-1)9-5-6-12(11-9)8-3-4-8/h5-6,8,10H,1-4,7H2. The smallest absolute Gasteiger partial charge is 0.0754 e. The van der Waals surface area contributed by atoms with Gasteiger partial charge in [0.25, 0.3) is 0 Å². The fraction of sp³-hybridized carbons (Fsp3) is 0.700. The van der Waals surface area contributed by atoms with Crippen molar-refractivity contribution < 1.29 is 0 Å². The molecule has 1 aromatic rings. The minimum Gasteiger partial charge on any atom is -0.269 e. The number of hydrogen-bond donors (Lipinski definition) is 0. The molecule has 70 valence electrons. The largest absolute Gasteiger partial charge is 0.269 e. The molecule has 1 aliphatic carbocycles. The first kappa shape index (κ1) is 7.92. The molecule has 0 radical (unpaired) electrons. The summed E-state index contributed by atoms with van der Waals surface area (Å²) in [6.07, 6.45) is 7.52. The highest BCUT2D eigenvalue weighted by atomic mass is 32.2. The topological polar surface area (TPSA) is 17.8 Å². The summed E-state index contributed by atoms with van der Waals surface area (Å²) in [5.41, 5.74) is 1.31. The van der Waals surface area contributed by atoms with Crippen molar-refractivity contribution in [1.82, 2.24) is 9.78 Å². The number of aromatic nitrogens is 2. The van der Waals surface area contributed by atoms with E-state index in [1.54, 1.807) is 0 Å². The summed E-state index contributed by atoms with van der Waals surface area (Å²) in [5, 5.41) is 5.34. The molecule has 1 unspecified atom stereocenters. The first-order chi connectivity index (χ1) is 6.43. The van der Waals surface area contributed by atoms with Crippen molar-refractivity contribution in [3.05, 3.63) is 18.0 Å². The van der Waals surface area contributed by atoms with Gasteiger partial charge in [-0.05, 0) is 37.5 Å². The van der Waals surface area contributed by atoms with Crippen LogP contribution in [0.25, 0.3) is 0 Å². The Kier molecular flexibility index (Phi) is 1.86. The van der Waals surface area contributed by atoms with Crippen molar-refractivity contribution >= 4 is 11.8 Å². The Bertz CT molecular complexity index is 298. The molecule has 2 fully saturated rings. The van der Waals surface area contributed by atoms with E-state index in [-0.39, 0.29) is 0 Å². The van der Waals surface area contributed by atoms with Gasteiger partial charge >= 0.3 is 0 Å². The molecule has 2 nitrogen and oxygen atoms in total. The summed E-state index contributed by atoms with van der Waals surface area (Å²) in [7, 11) is 0. The number of thioether (sulfide) groups is 1. The van der Waals surface area contributed by atoms with Crippen molar-refractivity contribution in [3.63, 3.8) is 0 Å². The van der Waals surface area contributed by atoms with Crippen LogP contribution in [-0.2, 0) is 0 Å². The maximum absolute atomic E-state index is 4.65. The second-order valence-electron chi connectivity index (χ2n) is 3.95. The van der Waals surface area contributed by atoms with E-state index in [4.69, 9.17) is 0 Å². The van der Waals surface area contributed by atoms with Gasteiger partial charge in [0.05, 0.1) is 11.7 Å². The van der Waals surface area contributed by atoms with Gasteiger partial charge in [0.15, 0.2) is 0 Å². The van der Waals surface area contributed by atoms with E-state index >= 15 is 0 Å². The van der Waals surface area contributed by atoms with E-state index < -0.39 is 0 Å². The maximum Gasteiger partial charge on any atom is 0.0754 e. The van der Waals surface area contributed by atoms with Crippen LogP contribution in [0.15, 0.2) is 12.3 Å². The van der Waals surface area contributed by atoms with Crippen molar-refractivity contribution in [2.45, 2.75) is 37.0 Å². The van der Waals surface area contributed by atoms with E-state index in [0.29, 0.717) is 5.25 Å². The molecule has 0 aromatic carbocycles. The van der Waals surface area contributed by atoms with Gasteiger partial charge in [-0.15, -0.1) is 0 Å². The highest BCUT2D eigenvalue weighted by Gasteiger charge is 2.26. The van der Waals surface area contributed by atoms with E-state index in [2.05, 4.69) is 33.8 Å². The molecular weight excluding hydrogens is 180 g/mol. The van der Waals surface area contributed by atoms with Crippen LogP contribution in [0.3, 0.4) is 0 Å². The molecule has 0 spiro atoms. The predicted molar refractivity (Wildman–Crippen MR) is 54.9 cm³/mol. The zero-order valence-electron chi connectivity index (χ0n) is 7.65. The molecule has 1 aliphatic heterocycles. The van der Waals surface area contributed by atoms with Gasteiger partial charge in [0.2, 0.25) is 0 Å². The summed E-state index contributed by atoms with van der Waals surface area (Å²) >= 11 is 2.07. The van der Waals surface area contributed by atoms with Crippen molar-refractivity contribution in [2.75, 3.05) is 5.75 Å². The minimum absolute atomic E-state index is 0.694. The molecule has 1 atom stereocenters. The van der Waals surface area contributed by atoms with Crippen LogP contribution in [0.4, 0.5) is 0 Å². The fourth-order valence-corrected chi connectivity index (χ4v) is 3.13. The van der Waals surface area contributed by atoms with E-state index in [0.717, 1.165) is 6.04 Å². The molecular formula is C10H14N2S. The highest BCUT2D eigenvalue weighted by Crippen LogP contribution is 2.40. The second-order valence-corrected chi connectivity index (χ2v) is 5.26. The molecule has 2 aliphatic rings. The molecule has 3 rings (SSSR count). The fourth-order valence-electron chi connectivity index (χ4n) is 1.88.